The third-order valence-corrected chi connectivity index (χ3v) is 4.60. The van der Waals surface area contributed by atoms with E-state index in [9.17, 15) is 9.90 Å². The first-order chi connectivity index (χ1) is 8.75. The quantitative estimate of drug-likeness (QED) is 0.889. The lowest BCUT2D eigenvalue weighted by atomic mass is 10.2. The average Bonchev–Trinajstić information content (AvgIpc) is 3.11. The summed E-state index contributed by atoms with van der Waals surface area (Å²) in [5, 5.41) is 9.25. The van der Waals surface area contributed by atoms with Crippen molar-refractivity contribution in [3.63, 3.8) is 0 Å². The Kier molecular flexibility index (Phi) is 3.30. The van der Waals surface area contributed by atoms with Crippen molar-refractivity contribution in [2.75, 3.05) is 18.1 Å². The summed E-state index contributed by atoms with van der Waals surface area (Å²) in [6.07, 6.45) is 6.20. The van der Waals surface area contributed by atoms with Crippen molar-refractivity contribution in [2.45, 2.75) is 31.5 Å². The van der Waals surface area contributed by atoms with Crippen molar-refractivity contribution in [3.05, 3.63) is 18.2 Å². The van der Waals surface area contributed by atoms with Crippen LogP contribution in [0, 0.1) is 0 Å². The van der Waals surface area contributed by atoms with Crippen molar-refractivity contribution in [1.29, 1.82) is 0 Å². The van der Waals surface area contributed by atoms with E-state index in [0.29, 0.717) is 18.3 Å². The van der Waals surface area contributed by atoms with Crippen molar-refractivity contribution in [2.24, 2.45) is 0 Å². The largest absolute Gasteiger partial charge is 0.480 e. The van der Waals surface area contributed by atoms with E-state index >= 15 is 0 Å². The Morgan fingerprint density at radius 2 is 2.39 bits per heavy atom. The van der Waals surface area contributed by atoms with Gasteiger partial charge in [0.15, 0.2) is 0 Å². The zero-order chi connectivity index (χ0) is 12.5. The van der Waals surface area contributed by atoms with E-state index in [2.05, 4.69) is 14.5 Å². The number of carbonyl (C=O) groups is 1. The number of thioether (sulfide) groups is 1. The predicted molar refractivity (Wildman–Crippen MR) is 69.7 cm³/mol. The lowest BCUT2D eigenvalue weighted by molar-refractivity contribution is -0.142. The SMILES string of the molecule is O=C(O)C1CSCCN1Cc1cncn1C1CC1. The van der Waals surface area contributed by atoms with Crippen LogP contribution in [-0.2, 0) is 11.3 Å². The van der Waals surface area contributed by atoms with Gasteiger partial charge in [0.05, 0.1) is 12.0 Å². The highest BCUT2D eigenvalue weighted by Crippen LogP contribution is 2.36. The van der Waals surface area contributed by atoms with E-state index in [1.54, 1.807) is 11.8 Å². The fraction of sp³-hybridized carbons (Fsp3) is 0.667. The van der Waals surface area contributed by atoms with E-state index in [-0.39, 0.29) is 6.04 Å². The Labute approximate surface area is 110 Å². The summed E-state index contributed by atoms with van der Waals surface area (Å²) in [7, 11) is 0. The smallest absolute Gasteiger partial charge is 0.321 e. The van der Waals surface area contributed by atoms with Gasteiger partial charge >= 0.3 is 5.97 Å². The molecule has 1 aliphatic heterocycles. The minimum atomic E-state index is -0.709. The zero-order valence-electron chi connectivity index (χ0n) is 10.2. The second-order valence-electron chi connectivity index (χ2n) is 4.92. The van der Waals surface area contributed by atoms with Gasteiger partial charge in [0.2, 0.25) is 0 Å². The highest BCUT2D eigenvalue weighted by molar-refractivity contribution is 7.99. The molecular formula is C12H17N3O2S. The molecule has 0 spiro atoms. The van der Waals surface area contributed by atoms with Crippen LogP contribution in [0.15, 0.2) is 12.5 Å². The number of rotatable bonds is 4. The molecule has 5 nitrogen and oxygen atoms in total. The van der Waals surface area contributed by atoms with Crippen molar-refractivity contribution in [1.82, 2.24) is 14.5 Å². The molecule has 18 heavy (non-hydrogen) atoms. The number of aliphatic carboxylic acids is 1. The Morgan fingerprint density at radius 1 is 1.56 bits per heavy atom. The van der Waals surface area contributed by atoms with Gasteiger partial charge in [0.25, 0.3) is 0 Å². The summed E-state index contributed by atoms with van der Waals surface area (Å²) in [4.78, 5) is 17.5. The summed E-state index contributed by atoms with van der Waals surface area (Å²) >= 11 is 1.73. The normalized spacial score (nSPS) is 25.2. The van der Waals surface area contributed by atoms with Gasteiger partial charge in [-0.1, -0.05) is 0 Å². The lowest BCUT2D eigenvalue weighted by Crippen LogP contribution is -2.46. The van der Waals surface area contributed by atoms with Crippen LogP contribution < -0.4 is 0 Å². The van der Waals surface area contributed by atoms with Gasteiger partial charge in [-0.25, -0.2) is 4.98 Å². The molecule has 6 heteroatoms. The minimum absolute atomic E-state index is 0.355. The van der Waals surface area contributed by atoms with Gasteiger partial charge in [0.1, 0.15) is 6.04 Å². The molecule has 1 atom stereocenters. The van der Waals surface area contributed by atoms with Crippen LogP contribution >= 0.6 is 11.8 Å². The standard InChI is InChI=1S/C12H17N3O2S/c16-12(17)11-7-18-4-3-14(11)6-10-5-13-8-15(10)9-1-2-9/h5,8-9,11H,1-4,6-7H2,(H,16,17). The van der Waals surface area contributed by atoms with Gasteiger partial charge in [-0.05, 0) is 12.8 Å². The second-order valence-corrected chi connectivity index (χ2v) is 6.07. The monoisotopic (exact) mass is 267 g/mol. The molecule has 0 amide bonds. The maximum atomic E-state index is 11.2. The Balaban J connectivity index is 1.73. The van der Waals surface area contributed by atoms with Crippen molar-refractivity contribution < 1.29 is 9.90 Å². The summed E-state index contributed by atoms with van der Waals surface area (Å²) in [6, 6.07) is 0.247. The Bertz CT molecular complexity index is 444. The molecular weight excluding hydrogens is 250 g/mol. The van der Waals surface area contributed by atoms with Crippen molar-refractivity contribution in [3.8, 4) is 0 Å². The van der Waals surface area contributed by atoms with Gasteiger partial charge in [-0.15, -0.1) is 0 Å². The molecule has 1 saturated carbocycles. The summed E-state index contributed by atoms with van der Waals surface area (Å²) < 4.78 is 2.21. The molecule has 1 saturated heterocycles. The number of hydrogen-bond donors (Lipinski definition) is 1. The highest BCUT2D eigenvalue weighted by Gasteiger charge is 2.31. The highest BCUT2D eigenvalue weighted by atomic mass is 32.2. The van der Waals surface area contributed by atoms with E-state index in [0.717, 1.165) is 18.0 Å². The van der Waals surface area contributed by atoms with Crippen LogP contribution in [0.5, 0.6) is 0 Å². The van der Waals surface area contributed by atoms with Crippen LogP contribution in [0.4, 0.5) is 0 Å². The van der Waals surface area contributed by atoms with Crippen LogP contribution in [0.25, 0.3) is 0 Å². The molecule has 1 N–H and O–H groups in total. The van der Waals surface area contributed by atoms with E-state index in [1.165, 1.54) is 12.8 Å². The Morgan fingerprint density at radius 3 is 3.11 bits per heavy atom. The summed E-state index contributed by atoms with van der Waals surface area (Å²) in [5.41, 5.74) is 1.15. The van der Waals surface area contributed by atoms with Crippen molar-refractivity contribution >= 4 is 17.7 Å². The number of hydrogen-bond acceptors (Lipinski definition) is 4. The number of aromatic nitrogens is 2. The number of nitrogens with zero attached hydrogens (tertiary/aromatic N) is 3. The fourth-order valence-corrected chi connectivity index (χ4v) is 3.51. The third-order valence-electron chi connectivity index (χ3n) is 3.58. The lowest BCUT2D eigenvalue weighted by Gasteiger charge is -2.32. The molecule has 1 aromatic heterocycles. The van der Waals surface area contributed by atoms with E-state index in [1.807, 2.05) is 12.5 Å². The zero-order valence-corrected chi connectivity index (χ0v) is 11.0. The number of carboxylic acids is 1. The number of carboxylic acid groups (broad SMARTS) is 1. The average molecular weight is 267 g/mol. The molecule has 0 bridgehead atoms. The molecule has 1 unspecified atom stereocenters. The molecule has 2 fully saturated rings. The summed E-state index contributed by atoms with van der Waals surface area (Å²) in [5.74, 6) is 0.994. The minimum Gasteiger partial charge on any atom is -0.480 e. The first kappa shape index (κ1) is 12.0. The summed E-state index contributed by atoms with van der Waals surface area (Å²) in [6.45, 7) is 1.55. The molecule has 1 aliphatic carbocycles. The molecule has 2 aliphatic rings. The first-order valence-corrected chi connectivity index (χ1v) is 7.46. The maximum absolute atomic E-state index is 11.2. The van der Waals surface area contributed by atoms with E-state index < -0.39 is 5.97 Å². The Hall–Kier alpha value is -1.01. The third kappa shape index (κ3) is 2.40. The van der Waals surface area contributed by atoms with Crippen LogP contribution in [0.2, 0.25) is 0 Å². The molecule has 2 heterocycles. The molecule has 0 radical (unpaired) electrons. The second kappa shape index (κ2) is 4.93. The van der Waals surface area contributed by atoms with Gasteiger partial charge in [0, 0.05) is 36.8 Å². The molecule has 98 valence electrons. The van der Waals surface area contributed by atoms with Gasteiger partial charge < -0.3 is 9.67 Å². The molecule has 0 aromatic carbocycles. The van der Waals surface area contributed by atoms with Gasteiger partial charge in [-0.3, -0.25) is 9.69 Å². The van der Waals surface area contributed by atoms with Gasteiger partial charge in [-0.2, -0.15) is 11.8 Å². The fourth-order valence-electron chi connectivity index (χ4n) is 2.40. The topological polar surface area (TPSA) is 58.4 Å². The predicted octanol–water partition coefficient (Wildman–Crippen LogP) is 1.22. The first-order valence-electron chi connectivity index (χ1n) is 6.31. The number of imidazole rings is 1. The van der Waals surface area contributed by atoms with E-state index in [4.69, 9.17) is 0 Å². The molecule has 1 aromatic rings. The molecule has 3 rings (SSSR count). The van der Waals surface area contributed by atoms with Crippen LogP contribution in [0.3, 0.4) is 0 Å². The maximum Gasteiger partial charge on any atom is 0.321 e. The van der Waals surface area contributed by atoms with Crippen LogP contribution in [-0.4, -0.2) is 49.6 Å². The van der Waals surface area contributed by atoms with Crippen LogP contribution in [0.1, 0.15) is 24.6 Å².